The summed E-state index contributed by atoms with van der Waals surface area (Å²) in [6.07, 6.45) is 0.0404. The van der Waals surface area contributed by atoms with Gasteiger partial charge in [-0.15, -0.1) is 0 Å². The molecule has 0 saturated carbocycles. The van der Waals surface area contributed by atoms with E-state index in [2.05, 4.69) is 15.6 Å². The average molecular weight is 357 g/mol. The van der Waals surface area contributed by atoms with Crippen LogP contribution < -0.4 is 10.6 Å². The summed E-state index contributed by atoms with van der Waals surface area (Å²) >= 11 is 1.18. The van der Waals surface area contributed by atoms with Gasteiger partial charge in [0.25, 0.3) is 0 Å². The second-order valence-corrected chi connectivity index (χ2v) is 6.80. The molecule has 0 bridgehead atoms. The minimum Gasteiger partial charge on any atom is -0.325 e. The number of anilines is 1. The molecule has 25 heavy (non-hydrogen) atoms. The molecule has 3 rings (SSSR count). The molecule has 1 atom stereocenters. The van der Waals surface area contributed by atoms with Gasteiger partial charge in [0.05, 0.1) is 5.69 Å². The van der Waals surface area contributed by atoms with Crippen LogP contribution in [0.4, 0.5) is 15.8 Å². The quantitative estimate of drug-likeness (QED) is 0.885. The van der Waals surface area contributed by atoms with Crippen molar-refractivity contribution in [3.05, 3.63) is 59.9 Å². The first kappa shape index (κ1) is 17.2. The molecule has 5 nitrogen and oxygen atoms in total. The van der Waals surface area contributed by atoms with Crippen molar-refractivity contribution in [2.45, 2.75) is 18.6 Å². The maximum Gasteiger partial charge on any atom is 0.238 e. The summed E-state index contributed by atoms with van der Waals surface area (Å²) in [7, 11) is 0. The fourth-order valence-corrected chi connectivity index (χ4v) is 3.27. The van der Waals surface area contributed by atoms with E-state index in [9.17, 15) is 14.0 Å². The van der Waals surface area contributed by atoms with Gasteiger partial charge in [-0.1, -0.05) is 35.5 Å². The van der Waals surface area contributed by atoms with Crippen molar-refractivity contribution in [3.63, 3.8) is 0 Å². The number of amides is 2. The summed E-state index contributed by atoms with van der Waals surface area (Å²) in [6.45, 7) is 1.97. The van der Waals surface area contributed by atoms with Gasteiger partial charge in [-0.25, -0.2) is 9.38 Å². The summed E-state index contributed by atoms with van der Waals surface area (Å²) in [5.41, 5.74) is 2.16. The summed E-state index contributed by atoms with van der Waals surface area (Å²) in [4.78, 5) is 28.6. The lowest BCUT2D eigenvalue weighted by Gasteiger charge is -2.22. The second-order valence-electron chi connectivity index (χ2n) is 5.61. The van der Waals surface area contributed by atoms with E-state index in [1.807, 2.05) is 31.2 Å². The predicted octanol–water partition coefficient (Wildman–Crippen LogP) is 3.38. The molecule has 1 heterocycles. The molecule has 0 aliphatic carbocycles. The van der Waals surface area contributed by atoms with E-state index < -0.39 is 11.1 Å². The number of amidine groups is 1. The first-order valence-corrected chi connectivity index (χ1v) is 8.56. The van der Waals surface area contributed by atoms with Gasteiger partial charge in [-0.05, 0) is 37.3 Å². The highest BCUT2D eigenvalue weighted by molar-refractivity contribution is 8.15. The number of rotatable bonds is 3. The number of carbonyl (C=O) groups excluding carboxylic acids is 2. The van der Waals surface area contributed by atoms with Gasteiger partial charge in [0.2, 0.25) is 11.8 Å². The van der Waals surface area contributed by atoms with Crippen LogP contribution in [-0.4, -0.2) is 22.2 Å². The predicted molar refractivity (Wildman–Crippen MR) is 97.4 cm³/mol. The Kier molecular flexibility index (Phi) is 5.14. The topological polar surface area (TPSA) is 70.6 Å². The molecule has 2 N–H and O–H groups in total. The zero-order valence-electron chi connectivity index (χ0n) is 13.5. The zero-order chi connectivity index (χ0) is 17.8. The standard InChI is InChI=1S/C18H16FN3O2S/c1-11-5-7-13(8-6-11)21-18-22-16(23)10-15(25-18)17(24)20-14-4-2-3-12(19)9-14/h2-9,15H,10H2,1H3,(H,20,24)(H,21,22,23)/t15-/m0/s1. The van der Waals surface area contributed by atoms with Crippen molar-refractivity contribution >= 4 is 40.1 Å². The van der Waals surface area contributed by atoms with Gasteiger partial charge in [0.1, 0.15) is 11.1 Å². The van der Waals surface area contributed by atoms with Crippen LogP contribution in [0.15, 0.2) is 53.5 Å². The van der Waals surface area contributed by atoms with Crippen LogP contribution in [0.3, 0.4) is 0 Å². The highest BCUT2D eigenvalue weighted by Crippen LogP contribution is 2.25. The van der Waals surface area contributed by atoms with Crippen molar-refractivity contribution in [1.82, 2.24) is 5.32 Å². The molecule has 1 saturated heterocycles. The number of benzene rings is 2. The molecule has 2 aromatic carbocycles. The summed E-state index contributed by atoms with van der Waals surface area (Å²) in [5, 5.41) is 5.05. The molecule has 7 heteroatoms. The first-order chi connectivity index (χ1) is 12.0. The summed E-state index contributed by atoms with van der Waals surface area (Å²) < 4.78 is 13.2. The van der Waals surface area contributed by atoms with Crippen LogP contribution in [-0.2, 0) is 9.59 Å². The van der Waals surface area contributed by atoms with E-state index in [0.29, 0.717) is 16.5 Å². The normalized spacial score (nSPS) is 18.7. The Bertz CT molecular complexity index is 836. The third-order valence-electron chi connectivity index (χ3n) is 3.52. The van der Waals surface area contributed by atoms with Gasteiger partial charge in [0, 0.05) is 12.1 Å². The number of aliphatic imine (C=N–C) groups is 1. The van der Waals surface area contributed by atoms with Crippen LogP contribution in [0.2, 0.25) is 0 Å². The number of aryl methyl sites for hydroxylation is 1. The van der Waals surface area contributed by atoms with Gasteiger partial charge < -0.3 is 10.6 Å². The Morgan fingerprint density at radius 2 is 2.04 bits per heavy atom. The van der Waals surface area contributed by atoms with Crippen LogP contribution in [0.5, 0.6) is 0 Å². The van der Waals surface area contributed by atoms with Crippen LogP contribution >= 0.6 is 11.8 Å². The SMILES string of the molecule is Cc1ccc(N=C2NC(=O)C[C@@H](C(=O)Nc3cccc(F)c3)S2)cc1. The van der Waals surface area contributed by atoms with E-state index in [0.717, 1.165) is 5.56 Å². The van der Waals surface area contributed by atoms with Crippen LogP contribution in [0, 0.1) is 12.7 Å². The molecular weight excluding hydrogens is 341 g/mol. The van der Waals surface area contributed by atoms with Gasteiger partial charge in [-0.3, -0.25) is 9.59 Å². The number of halogens is 1. The fraction of sp³-hybridized carbons (Fsp3) is 0.167. The number of nitrogens with one attached hydrogen (secondary N) is 2. The molecule has 1 fully saturated rings. The van der Waals surface area contributed by atoms with Crippen molar-refractivity contribution in [3.8, 4) is 0 Å². The Morgan fingerprint density at radius 1 is 1.28 bits per heavy atom. The van der Waals surface area contributed by atoms with Crippen molar-refractivity contribution in [1.29, 1.82) is 0 Å². The van der Waals surface area contributed by atoms with E-state index in [1.54, 1.807) is 6.07 Å². The molecule has 1 aliphatic heterocycles. The molecule has 0 unspecified atom stereocenters. The second kappa shape index (κ2) is 7.48. The third kappa shape index (κ3) is 4.67. The molecule has 2 aromatic rings. The van der Waals surface area contributed by atoms with Gasteiger partial charge in [-0.2, -0.15) is 0 Å². The van der Waals surface area contributed by atoms with Crippen LogP contribution in [0.25, 0.3) is 0 Å². The number of thioether (sulfide) groups is 1. The maximum absolute atomic E-state index is 13.2. The highest BCUT2D eigenvalue weighted by atomic mass is 32.2. The van der Waals surface area contributed by atoms with Crippen molar-refractivity contribution in [2.24, 2.45) is 4.99 Å². The van der Waals surface area contributed by atoms with Gasteiger partial charge in [0.15, 0.2) is 5.17 Å². The molecule has 0 aromatic heterocycles. The summed E-state index contributed by atoms with van der Waals surface area (Å²) in [6, 6.07) is 13.1. The smallest absolute Gasteiger partial charge is 0.238 e. The molecule has 1 aliphatic rings. The Morgan fingerprint density at radius 3 is 2.76 bits per heavy atom. The lowest BCUT2D eigenvalue weighted by molar-refractivity contribution is -0.123. The number of carbonyl (C=O) groups is 2. The zero-order valence-corrected chi connectivity index (χ0v) is 14.3. The first-order valence-electron chi connectivity index (χ1n) is 7.68. The molecule has 2 amide bonds. The van der Waals surface area contributed by atoms with Crippen molar-refractivity contribution < 1.29 is 14.0 Å². The average Bonchev–Trinajstić information content (AvgIpc) is 2.56. The highest BCUT2D eigenvalue weighted by Gasteiger charge is 2.30. The van der Waals surface area contributed by atoms with E-state index in [1.165, 1.54) is 30.0 Å². The van der Waals surface area contributed by atoms with E-state index >= 15 is 0 Å². The number of nitrogens with zero attached hydrogens (tertiary/aromatic N) is 1. The summed E-state index contributed by atoms with van der Waals surface area (Å²) in [5.74, 6) is -1.07. The fourth-order valence-electron chi connectivity index (χ4n) is 2.27. The lowest BCUT2D eigenvalue weighted by atomic mass is 10.2. The molecule has 0 radical (unpaired) electrons. The third-order valence-corrected chi connectivity index (χ3v) is 4.60. The van der Waals surface area contributed by atoms with Crippen LogP contribution in [0.1, 0.15) is 12.0 Å². The Balaban J connectivity index is 1.72. The minimum atomic E-state index is -0.624. The molecule has 0 spiro atoms. The van der Waals surface area contributed by atoms with E-state index in [4.69, 9.17) is 0 Å². The number of hydrogen-bond acceptors (Lipinski definition) is 4. The van der Waals surface area contributed by atoms with Crippen molar-refractivity contribution in [2.75, 3.05) is 5.32 Å². The molecular formula is C18H16FN3O2S. The molecule has 128 valence electrons. The monoisotopic (exact) mass is 357 g/mol. The lowest BCUT2D eigenvalue weighted by Crippen LogP contribution is -2.41. The Hall–Kier alpha value is -2.67. The van der Waals surface area contributed by atoms with Gasteiger partial charge >= 0.3 is 0 Å². The van der Waals surface area contributed by atoms with E-state index in [-0.39, 0.29) is 18.2 Å². The maximum atomic E-state index is 13.2. The largest absolute Gasteiger partial charge is 0.325 e. The minimum absolute atomic E-state index is 0.0404. The number of hydrogen-bond donors (Lipinski definition) is 2. The Labute approximate surface area is 148 Å².